The van der Waals surface area contributed by atoms with Gasteiger partial charge in [0.15, 0.2) is 0 Å². The summed E-state index contributed by atoms with van der Waals surface area (Å²) in [5.74, 6) is -0.00940. The smallest absolute Gasteiger partial charge is 0.239 e. The number of hydrogen-bond acceptors (Lipinski definition) is 2. The molecule has 0 aliphatic heterocycles. The van der Waals surface area contributed by atoms with E-state index in [4.69, 9.17) is 0 Å². The summed E-state index contributed by atoms with van der Waals surface area (Å²) < 4.78 is 0. The highest BCUT2D eigenvalue weighted by Crippen LogP contribution is 2.21. The van der Waals surface area contributed by atoms with Gasteiger partial charge in [-0.25, -0.2) is 0 Å². The van der Waals surface area contributed by atoms with Crippen molar-refractivity contribution >= 4 is 11.8 Å². The highest BCUT2D eigenvalue weighted by molar-refractivity contribution is 5.83. The van der Waals surface area contributed by atoms with Gasteiger partial charge in [0.05, 0.1) is 6.54 Å². The summed E-state index contributed by atoms with van der Waals surface area (Å²) in [7, 11) is 0. The summed E-state index contributed by atoms with van der Waals surface area (Å²) >= 11 is 0. The maximum atomic E-state index is 11.7. The predicted octanol–water partition coefficient (Wildman–Crippen LogP) is 2.08. The molecular weight excluding hydrogens is 228 g/mol. The van der Waals surface area contributed by atoms with Crippen molar-refractivity contribution in [1.82, 2.24) is 10.2 Å². The number of amides is 2. The number of nitrogens with zero attached hydrogens (tertiary/aromatic N) is 1. The molecule has 1 N–H and O–H groups in total. The molecule has 1 aliphatic carbocycles. The van der Waals surface area contributed by atoms with Crippen molar-refractivity contribution in [1.29, 1.82) is 0 Å². The molecule has 0 saturated heterocycles. The molecule has 0 unspecified atom stereocenters. The van der Waals surface area contributed by atoms with E-state index in [0.29, 0.717) is 6.54 Å². The Hall–Kier alpha value is -1.06. The fraction of sp³-hybridized carbons (Fsp3) is 0.857. The molecule has 1 rings (SSSR count). The molecule has 0 aromatic rings. The Balaban J connectivity index is 2.52. The van der Waals surface area contributed by atoms with E-state index < -0.39 is 0 Å². The summed E-state index contributed by atoms with van der Waals surface area (Å²) in [5, 5.41) is 2.84. The van der Waals surface area contributed by atoms with Crippen LogP contribution in [0.2, 0.25) is 0 Å². The second-order valence-corrected chi connectivity index (χ2v) is 5.14. The largest absolute Gasteiger partial charge is 0.355 e. The van der Waals surface area contributed by atoms with Crippen LogP contribution in [-0.4, -0.2) is 35.8 Å². The Morgan fingerprint density at radius 2 is 1.78 bits per heavy atom. The number of carbonyl (C=O) groups excluding carboxylic acids is 2. The Labute approximate surface area is 110 Å². The van der Waals surface area contributed by atoms with Crippen LogP contribution in [0.5, 0.6) is 0 Å². The number of carbonyl (C=O) groups is 2. The molecule has 4 heteroatoms. The van der Waals surface area contributed by atoms with Crippen molar-refractivity contribution in [2.45, 2.75) is 64.8 Å². The highest BCUT2D eigenvalue weighted by atomic mass is 16.2. The Morgan fingerprint density at radius 1 is 1.17 bits per heavy atom. The van der Waals surface area contributed by atoms with Crippen LogP contribution in [-0.2, 0) is 9.59 Å². The fourth-order valence-corrected chi connectivity index (χ4v) is 2.54. The minimum Gasteiger partial charge on any atom is -0.355 e. The highest BCUT2D eigenvalue weighted by Gasteiger charge is 2.23. The van der Waals surface area contributed by atoms with Gasteiger partial charge in [0.2, 0.25) is 11.8 Å². The van der Waals surface area contributed by atoms with E-state index in [1.807, 2.05) is 6.92 Å². The van der Waals surface area contributed by atoms with Crippen LogP contribution in [0.4, 0.5) is 0 Å². The molecule has 2 amide bonds. The van der Waals surface area contributed by atoms with E-state index in [-0.39, 0.29) is 24.4 Å². The molecule has 0 bridgehead atoms. The lowest BCUT2D eigenvalue weighted by molar-refractivity contribution is -0.136. The maximum absolute atomic E-state index is 11.7. The van der Waals surface area contributed by atoms with E-state index in [1.165, 1.54) is 25.7 Å². The predicted molar refractivity (Wildman–Crippen MR) is 72.2 cm³/mol. The SMILES string of the molecule is CCCNC(=O)CN(C(C)=O)C1CCCCCC1. The molecule has 4 nitrogen and oxygen atoms in total. The van der Waals surface area contributed by atoms with Gasteiger partial charge >= 0.3 is 0 Å². The van der Waals surface area contributed by atoms with E-state index in [2.05, 4.69) is 5.32 Å². The minimum atomic E-state index is -0.0312. The standard InChI is InChI=1S/C14H26N2O2/c1-3-10-15-14(18)11-16(12(2)17)13-8-6-4-5-7-9-13/h13H,3-11H2,1-2H3,(H,15,18). The van der Waals surface area contributed by atoms with Gasteiger partial charge in [0.25, 0.3) is 0 Å². The zero-order valence-corrected chi connectivity index (χ0v) is 11.7. The first-order valence-corrected chi connectivity index (χ1v) is 7.19. The van der Waals surface area contributed by atoms with Crippen molar-refractivity contribution < 1.29 is 9.59 Å². The summed E-state index contributed by atoms with van der Waals surface area (Å²) in [6.07, 6.45) is 7.86. The van der Waals surface area contributed by atoms with Gasteiger partial charge in [-0.1, -0.05) is 32.6 Å². The van der Waals surface area contributed by atoms with Crippen molar-refractivity contribution in [3.05, 3.63) is 0 Å². The topological polar surface area (TPSA) is 49.4 Å². The molecule has 0 radical (unpaired) electrons. The van der Waals surface area contributed by atoms with Gasteiger partial charge in [-0.05, 0) is 19.3 Å². The molecule has 0 atom stereocenters. The monoisotopic (exact) mass is 254 g/mol. The molecule has 0 aromatic heterocycles. The zero-order valence-electron chi connectivity index (χ0n) is 11.7. The molecule has 0 aromatic carbocycles. The van der Waals surface area contributed by atoms with Crippen LogP contribution in [0, 0.1) is 0 Å². The third-order valence-electron chi connectivity index (χ3n) is 3.56. The average Bonchev–Trinajstić information content (AvgIpc) is 2.61. The van der Waals surface area contributed by atoms with E-state index >= 15 is 0 Å². The molecule has 18 heavy (non-hydrogen) atoms. The van der Waals surface area contributed by atoms with Crippen LogP contribution in [0.1, 0.15) is 58.8 Å². The van der Waals surface area contributed by atoms with Gasteiger partial charge in [0.1, 0.15) is 0 Å². The first kappa shape index (κ1) is 15.0. The zero-order chi connectivity index (χ0) is 13.4. The van der Waals surface area contributed by atoms with Gasteiger partial charge in [0, 0.05) is 19.5 Å². The normalized spacial score (nSPS) is 17.0. The third-order valence-corrected chi connectivity index (χ3v) is 3.56. The summed E-state index contributed by atoms with van der Waals surface area (Å²) in [4.78, 5) is 25.2. The fourth-order valence-electron chi connectivity index (χ4n) is 2.54. The summed E-state index contributed by atoms with van der Waals surface area (Å²) in [6, 6.07) is 0.261. The van der Waals surface area contributed by atoms with Crippen LogP contribution in [0.3, 0.4) is 0 Å². The molecule has 0 heterocycles. The van der Waals surface area contributed by atoms with Crippen molar-refractivity contribution in [3.8, 4) is 0 Å². The lowest BCUT2D eigenvalue weighted by Crippen LogP contribution is -2.45. The molecule has 1 fully saturated rings. The molecule has 0 spiro atoms. The van der Waals surface area contributed by atoms with Crippen molar-refractivity contribution in [2.24, 2.45) is 0 Å². The second-order valence-electron chi connectivity index (χ2n) is 5.14. The van der Waals surface area contributed by atoms with Crippen LogP contribution in [0.15, 0.2) is 0 Å². The lowest BCUT2D eigenvalue weighted by Gasteiger charge is -2.29. The summed E-state index contributed by atoms with van der Waals surface area (Å²) in [6.45, 7) is 4.50. The van der Waals surface area contributed by atoms with E-state index in [0.717, 1.165) is 19.3 Å². The number of hydrogen-bond donors (Lipinski definition) is 1. The quantitative estimate of drug-likeness (QED) is 0.764. The Bertz CT molecular complexity index is 271. The minimum absolute atomic E-state index is 0.0218. The van der Waals surface area contributed by atoms with Gasteiger partial charge in [-0.2, -0.15) is 0 Å². The maximum Gasteiger partial charge on any atom is 0.239 e. The van der Waals surface area contributed by atoms with Crippen molar-refractivity contribution in [2.75, 3.05) is 13.1 Å². The summed E-state index contributed by atoms with van der Waals surface area (Å²) in [5.41, 5.74) is 0. The lowest BCUT2D eigenvalue weighted by atomic mass is 10.1. The van der Waals surface area contributed by atoms with Gasteiger partial charge < -0.3 is 10.2 Å². The molecule has 104 valence electrons. The number of nitrogens with one attached hydrogen (secondary N) is 1. The third kappa shape index (κ3) is 5.07. The Morgan fingerprint density at radius 3 is 2.28 bits per heavy atom. The Kier molecular flexibility index (Phi) is 6.76. The van der Waals surface area contributed by atoms with Gasteiger partial charge in [-0.15, -0.1) is 0 Å². The van der Waals surface area contributed by atoms with Crippen LogP contribution in [0.25, 0.3) is 0 Å². The first-order chi connectivity index (χ1) is 8.65. The molecular formula is C14H26N2O2. The van der Waals surface area contributed by atoms with Crippen molar-refractivity contribution in [3.63, 3.8) is 0 Å². The molecule has 1 aliphatic rings. The van der Waals surface area contributed by atoms with Crippen LogP contribution < -0.4 is 5.32 Å². The van der Waals surface area contributed by atoms with Gasteiger partial charge in [-0.3, -0.25) is 9.59 Å². The second kappa shape index (κ2) is 8.11. The first-order valence-electron chi connectivity index (χ1n) is 7.19. The molecule has 1 saturated carbocycles. The van der Waals surface area contributed by atoms with E-state index in [9.17, 15) is 9.59 Å². The van der Waals surface area contributed by atoms with Crippen LogP contribution >= 0.6 is 0 Å². The number of rotatable bonds is 5. The van der Waals surface area contributed by atoms with E-state index in [1.54, 1.807) is 11.8 Å². The average molecular weight is 254 g/mol.